The van der Waals surface area contributed by atoms with E-state index in [1.165, 1.54) is 0 Å². The van der Waals surface area contributed by atoms with Gasteiger partial charge in [-0.2, -0.15) is 0 Å². The summed E-state index contributed by atoms with van der Waals surface area (Å²) in [5, 5.41) is 3.05. The van der Waals surface area contributed by atoms with Crippen LogP contribution in [0.3, 0.4) is 0 Å². The van der Waals surface area contributed by atoms with Gasteiger partial charge in [0.05, 0.1) is 0 Å². The Balaban J connectivity index is 2.97. The summed E-state index contributed by atoms with van der Waals surface area (Å²) in [6.45, 7) is 1.63. The molecule has 4 heteroatoms. The molecule has 0 aromatic carbocycles. The van der Waals surface area contributed by atoms with Crippen molar-refractivity contribution in [3.8, 4) is 0 Å². The molecule has 0 aliphatic carbocycles. The van der Waals surface area contributed by atoms with Crippen LogP contribution in [0.25, 0.3) is 0 Å². The van der Waals surface area contributed by atoms with Crippen LogP contribution in [0.1, 0.15) is 6.42 Å². The first-order valence-electron chi connectivity index (χ1n) is 2.83. The highest BCUT2D eigenvalue weighted by atomic mass is 32.2. The maximum Gasteiger partial charge on any atom is 0.133 e. The molecule has 0 radical (unpaired) electrons. The van der Waals surface area contributed by atoms with E-state index >= 15 is 0 Å². The third-order valence-corrected chi connectivity index (χ3v) is 2.00. The van der Waals surface area contributed by atoms with E-state index in [-0.39, 0.29) is 0 Å². The van der Waals surface area contributed by atoms with E-state index in [0.717, 1.165) is 23.8 Å². The lowest BCUT2D eigenvalue weighted by Gasteiger charge is -2.01. The van der Waals surface area contributed by atoms with E-state index in [1.807, 2.05) is 6.26 Å². The number of hydrogen-bond acceptors (Lipinski definition) is 3. The number of nitrogens with two attached hydrogens (primary N) is 1. The smallest absolute Gasteiger partial charge is 0.133 e. The highest BCUT2D eigenvalue weighted by molar-refractivity contribution is 8.22. The third-order valence-electron chi connectivity index (χ3n) is 0.836. The third kappa shape index (κ3) is 6.08. The summed E-state index contributed by atoms with van der Waals surface area (Å²) >= 11 is 6.43. The molecule has 0 unspecified atom stereocenters. The quantitative estimate of drug-likeness (QED) is 0.472. The molecule has 0 aliphatic heterocycles. The largest absolute Gasteiger partial charge is 0.371 e. The molecule has 0 aromatic rings. The Morgan fingerprint density at radius 2 is 2.44 bits per heavy atom. The van der Waals surface area contributed by atoms with Crippen LogP contribution in [0.2, 0.25) is 0 Å². The van der Waals surface area contributed by atoms with E-state index in [1.54, 1.807) is 11.8 Å². The van der Waals surface area contributed by atoms with Crippen molar-refractivity contribution in [1.82, 2.24) is 5.32 Å². The summed E-state index contributed by atoms with van der Waals surface area (Å²) in [5.74, 6) is 0. The van der Waals surface area contributed by atoms with Gasteiger partial charge in [0.15, 0.2) is 0 Å². The predicted molar refractivity (Wildman–Crippen MR) is 47.8 cm³/mol. The van der Waals surface area contributed by atoms with E-state index in [4.69, 9.17) is 18.0 Å². The van der Waals surface area contributed by atoms with Crippen molar-refractivity contribution in [2.75, 3.05) is 19.3 Å². The Morgan fingerprint density at radius 1 is 1.78 bits per heavy atom. The molecule has 9 heavy (non-hydrogen) atoms. The van der Waals surface area contributed by atoms with Gasteiger partial charge in [0.2, 0.25) is 0 Å². The van der Waals surface area contributed by atoms with Gasteiger partial charge in [-0.25, -0.2) is 0 Å². The Hall–Kier alpha value is 0.200. The standard InChI is InChI=1S/C5H12N2S2/c1-9-5(8)7-4-2-3-6/h2-4,6H2,1H3,(H,7,8). The normalized spacial score (nSPS) is 9.11. The zero-order chi connectivity index (χ0) is 7.11. The van der Waals surface area contributed by atoms with Gasteiger partial charge in [-0.3, -0.25) is 0 Å². The van der Waals surface area contributed by atoms with Crippen molar-refractivity contribution in [2.24, 2.45) is 5.73 Å². The second kappa shape index (κ2) is 6.32. The maximum absolute atomic E-state index is 5.27. The van der Waals surface area contributed by atoms with Crippen LogP contribution in [0.15, 0.2) is 0 Å². The lowest BCUT2D eigenvalue weighted by atomic mass is 10.4. The lowest BCUT2D eigenvalue weighted by Crippen LogP contribution is -2.21. The van der Waals surface area contributed by atoms with E-state index < -0.39 is 0 Å². The first-order valence-corrected chi connectivity index (χ1v) is 4.46. The van der Waals surface area contributed by atoms with Crippen LogP contribution in [0.4, 0.5) is 0 Å². The zero-order valence-electron chi connectivity index (χ0n) is 5.52. The Kier molecular flexibility index (Phi) is 6.46. The molecular formula is C5H12N2S2. The molecule has 2 nitrogen and oxygen atoms in total. The minimum absolute atomic E-state index is 0.726. The summed E-state index contributed by atoms with van der Waals surface area (Å²) in [6, 6.07) is 0. The van der Waals surface area contributed by atoms with Crippen LogP contribution in [0.5, 0.6) is 0 Å². The fourth-order valence-corrected chi connectivity index (χ4v) is 0.713. The number of thioether (sulfide) groups is 1. The maximum atomic E-state index is 5.27. The Bertz CT molecular complexity index is 85.0. The van der Waals surface area contributed by atoms with Gasteiger partial charge in [-0.1, -0.05) is 12.2 Å². The van der Waals surface area contributed by atoms with Crippen molar-refractivity contribution >= 4 is 28.3 Å². The molecule has 0 bridgehead atoms. The molecule has 0 atom stereocenters. The minimum Gasteiger partial charge on any atom is -0.371 e. The molecule has 0 amide bonds. The molecule has 0 spiro atoms. The van der Waals surface area contributed by atoms with Crippen molar-refractivity contribution in [1.29, 1.82) is 0 Å². The van der Waals surface area contributed by atoms with Crippen LogP contribution in [0, 0.1) is 0 Å². The van der Waals surface area contributed by atoms with E-state index in [0.29, 0.717) is 0 Å². The van der Waals surface area contributed by atoms with Gasteiger partial charge >= 0.3 is 0 Å². The summed E-state index contributed by atoms with van der Waals surface area (Å²) < 4.78 is 0.850. The molecule has 3 N–H and O–H groups in total. The van der Waals surface area contributed by atoms with E-state index in [2.05, 4.69) is 5.32 Å². The molecule has 0 rings (SSSR count). The van der Waals surface area contributed by atoms with Crippen LogP contribution < -0.4 is 11.1 Å². The average molecular weight is 164 g/mol. The van der Waals surface area contributed by atoms with Crippen LogP contribution in [-0.4, -0.2) is 23.7 Å². The van der Waals surface area contributed by atoms with Crippen molar-refractivity contribution < 1.29 is 0 Å². The van der Waals surface area contributed by atoms with Gasteiger partial charge in [0.1, 0.15) is 4.32 Å². The summed E-state index contributed by atoms with van der Waals surface area (Å²) in [5.41, 5.74) is 5.27. The Labute approximate surface area is 65.6 Å². The molecule has 0 aromatic heterocycles. The number of nitrogens with one attached hydrogen (secondary N) is 1. The topological polar surface area (TPSA) is 38.0 Å². The minimum atomic E-state index is 0.726. The second-order valence-corrected chi connectivity index (χ2v) is 3.04. The zero-order valence-corrected chi connectivity index (χ0v) is 7.15. The van der Waals surface area contributed by atoms with Gasteiger partial charge in [0.25, 0.3) is 0 Å². The monoisotopic (exact) mass is 164 g/mol. The molecule has 0 aliphatic rings. The van der Waals surface area contributed by atoms with Crippen molar-refractivity contribution in [3.63, 3.8) is 0 Å². The molecule has 0 fully saturated rings. The first-order chi connectivity index (χ1) is 4.31. The van der Waals surface area contributed by atoms with Gasteiger partial charge in [0, 0.05) is 6.54 Å². The fraction of sp³-hybridized carbons (Fsp3) is 0.800. The van der Waals surface area contributed by atoms with Crippen LogP contribution in [-0.2, 0) is 0 Å². The van der Waals surface area contributed by atoms with Gasteiger partial charge < -0.3 is 11.1 Å². The highest BCUT2D eigenvalue weighted by Gasteiger charge is 1.88. The molecule has 0 saturated heterocycles. The molecule has 0 saturated carbocycles. The number of rotatable bonds is 3. The SMILES string of the molecule is CSC(=S)NCCCN. The molecule has 54 valence electrons. The number of hydrogen-bond donors (Lipinski definition) is 2. The predicted octanol–water partition coefficient (Wildman–Crippen LogP) is 0.573. The molecule has 0 heterocycles. The van der Waals surface area contributed by atoms with Crippen LogP contribution >= 0.6 is 24.0 Å². The average Bonchev–Trinajstić information content (AvgIpc) is 1.89. The van der Waals surface area contributed by atoms with Gasteiger partial charge in [-0.15, -0.1) is 11.8 Å². The van der Waals surface area contributed by atoms with E-state index in [9.17, 15) is 0 Å². The Morgan fingerprint density at radius 3 is 2.89 bits per heavy atom. The fourth-order valence-electron chi connectivity index (χ4n) is 0.365. The van der Waals surface area contributed by atoms with Crippen molar-refractivity contribution in [3.05, 3.63) is 0 Å². The second-order valence-electron chi connectivity index (χ2n) is 1.56. The summed E-state index contributed by atoms with van der Waals surface area (Å²) in [6.07, 6.45) is 2.94. The highest BCUT2D eigenvalue weighted by Crippen LogP contribution is 1.92. The molecular weight excluding hydrogens is 152 g/mol. The van der Waals surface area contributed by atoms with Crippen molar-refractivity contribution in [2.45, 2.75) is 6.42 Å². The lowest BCUT2D eigenvalue weighted by molar-refractivity contribution is 0.793. The van der Waals surface area contributed by atoms with Gasteiger partial charge in [-0.05, 0) is 19.2 Å². The number of thiocarbonyl (C=S) groups is 1. The summed E-state index contributed by atoms with van der Waals surface area (Å²) in [7, 11) is 0. The summed E-state index contributed by atoms with van der Waals surface area (Å²) in [4.78, 5) is 0. The first kappa shape index (κ1) is 9.20.